The molecule has 4 nitrogen and oxygen atoms in total. The molecule has 1 aromatic heterocycles. The second-order valence-electron chi connectivity index (χ2n) is 5.85. The van der Waals surface area contributed by atoms with Crippen molar-refractivity contribution in [2.45, 2.75) is 32.5 Å². The first kappa shape index (κ1) is 13.3. The molecule has 106 valence electrons. The quantitative estimate of drug-likeness (QED) is 0.936. The predicted octanol–water partition coefficient (Wildman–Crippen LogP) is 2.57. The molecule has 0 fully saturated rings. The van der Waals surface area contributed by atoms with Crippen molar-refractivity contribution < 1.29 is 13.9 Å². The number of oxazole rings is 1. The van der Waals surface area contributed by atoms with Crippen molar-refractivity contribution in [1.82, 2.24) is 9.88 Å². The largest absolute Gasteiger partial charge is 0.439 e. The number of halogens is 1. The highest BCUT2D eigenvalue weighted by molar-refractivity contribution is 5.53. The number of benzene rings is 1. The first-order chi connectivity index (χ1) is 9.40. The number of hydrogen-bond acceptors (Lipinski definition) is 4. The van der Waals surface area contributed by atoms with Crippen LogP contribution < -0.4 is 0 Å². The lowest BCUT2D eigenvalue weighted by Crippen LogP contribution is -2.35. The van der Waals surface area contributed by atoms with Gasteiger partial charge in [0.2, 0.25) is 5.89 Å². The molecule has 0 amide bonds. The minimum Gasteiger partial charge on any atom is -0.439 e. The summed E-state index contributed by atoms with van der Waals surface area (Å²) < 4.78 is 18.6. The van der Waals surface area contributed by atoms with Gasteiger partial charge in [-0.2, -0.15) is 0 Å². The third-order valence-electron chi connectivity index (χ3n) is 3.22. The van der Waals surface area contributed by atoms with E-state index in [1.165, 1.54) is 12.1 Å². The second-order valence-corrected chi connectivity index (χ2v) is 5.85. The Kier molecular flexibility index (Phi) is 3.11. The summed E-state index contributed by atoms with van der Waals surface area (Å²) in [4.78, 5) is 6.55. The van der Waals surface area contributed by atoms with Crippen LogP contribution in [0.25, 0.3) is 11.5 Å². The Hall–Kier alpha value is -1.72. The van der Waals surface area contributed by atoms with E-state index >= 15 is 0 Å². The Morgan fingerprint density at radius 3 is 2.60 bits per heavy atom. The molecule has 2 heterocycles. The number of aliphatic hydroxyl groups is 1. The van der Waals surface area contributed by atoms with Crippen LogP contribution in [0.2, 0.25) is 0 Å². The van der Waals surface area contributed by atoms with Crippen LogP contribution in [0.4, 0.5) is 4.39 Å². The molecule has 0 spiro atoms. The van der Waals surface area contributed by atoms with E-state index < -0.39 is 5.60 Å². The highest BCUT2D eigenvalue weighted by atomic mass is 19.1. The number of β-amino-alcohol motifs (C(OH)–C–C–N with tert-alkyl or cyclic N) is 1. The Bertz CT molecular complexity index is 590. The molecule has 20 heavy (non-hydrogen) atoms. The van der Waals surface area contributed by atoms with Crippen molar-refractivity contribution in [2.24, 2.45) is 0 Å². The maximum Gasteiger partial charge on any atom is 0.226 e. The fourth-order valence-electron chi connectivity index (χ4n) is 2.48. The molecular formula is C15H17FN2O2. The van der Waals surface area contributed by atoms with E-state index in [0.717, 1.165) is 17.0 Å². The number of rotatable bonds is 3. The van der Waals surface area contributed by atoms with Gasteiger partial charge in [0.25, 0.3) is 0 Å². The Morgan fingerprint density at radius 1 is 1.30 bits per heavy atom. The summed E-state index contributed by atoms with van der Waals surface area (Å²) in [5.74, 6) is 1.08. The predicted molar refractivity (Wildman–Crippen MR) is 72.3 cm³/mol. The SMILES string of the molecule is CC(C)(O)CN1Cc2nc(-c3ccc(F)cc3)oc2C1. The Balaban J connectivity index is 1.76. The molecule has 2 aromatic rings. The molecule has 5 heteroatoms. The highest BCUT2D eigenvalue weighted by Crippen LogP contribution is 2.29. The topological polar surface area (TPSA) is 49.5 Å². The lowest BCUT2D eigenvalue weighted by Gasteiger charge is -2.24. The van der Waals surface area contributed by atoms with E-state index in [4.69, 9.17) is 4.42 Å². The van der Waals surface area contributed by atoms with Gasteiger partial charge in [0.15, 0.2) is 0 Å². The van der Waals surface area contributed by atoms with Crippen LogP contribution in [0, 0.1) is 5.82 Å². The van der Waals surface area contributed by atoms with Crippen molar-refractivity contribution in [3.8, 4) is 11.5 Å². The number of fused-ring (bicyclic) bond motifs is 1. The molecule has 0 aliphatic carbocycles. The van der Waals surface area contributed by atoms with Crippen molar-refractivity contribution in [3.05, 3.63) is 41.5 Å². The van der Waals surface area contributed by atoms with E-state index in [-0.39, 0.29) is 5.82 Å². The summed E-state index contributed by atoms with van der Waals surface area (Å²) in [5.41, 5.74) is 0.937. The zero-order chi connectivity index (χ0) is 14.3. The van der Waals surface area contributed by atoms with Crippen LogP contribution in [-0.4, -0.2) is 27.1 Å². The maximum absolute atomic E-state index is 12.9. The van der Waals surface area contributed by atoms with E-state index in [0.29, 0.717) is 25.5 Å². The third-order valence-corrected chi connectivity index (χ3v) is 3.22. The molecule has 0 atom stereocenters. The molecule has 0 saturated carbocycles. The van der Waals surface area contributed by atoms with E-state index in [2.05, 4.69) is 9.88 Å². The lowest BCUT2D eigenvalue weighted by molar-refractivity contribution is 0.0335. The smallest absolute Gasteiger partial charge is 0.226 e. The monoisotopic (exact) mass is 276 g/mol. The van der Waals surface area contributed by atoms with Crippen molar-refractivity contribution in [1.29, 1.82) is 0 Å². The van der Waals surface area contributed by atoms with Gasteiger partial charge in [0.1, 0.15) is 11.6 Å². The van der Waals surface area contributed by atoms with Crippen LogP contribution in [0.5, 0.6) is 0 Å². The average molecular weight is 276 g/mol. The van der Waals surface area contributed by atoms with Gasteiger partial charge in [-0.05, 0) is 38.1 Å². The zero-order valence-corrected chi connectivity index (χ0v) is 11.6. The van der Waals surface area contributed by atoms with Gasteiger partial charge in [0.05, 0.1) is 17.8 Å². The third kappa shape index (κ3) is 2.73. The summed E-state index contributed by atoms with van der Waals surface area (Å²) in [6.07, 6.45) is 0. The van der Waals surface area contributed by atoms with Gasteiger partial charge in [0, 0.05) is 18.7 Å². The summed E-state index contributed by atoms with van der Waals surface area (Å²) in [6.45, 7) is 5.46. The van der Waals surface area contributed by atoms with Gasteiger partial charge in [-0.3, -0.25) is 4.90 Å². The average Bonchev–Trinajstić information content (AvgIpc) is 2.85. The van der Waals surface area contributed by atoms with Crippen molar-refractivity contribution in [3.63, 3.8) is 0 Å². The van der Waals surface area contributed by atoms with Gasteiger partial charge in [-0.25, -0.2) is 9.37 Å². The Morgan fingerprint density at radius 2 is 2.00 bits per heavy atom. The minimum absolute atomic E-state index is 0.274. The molecule has 1 aliphatic heterocycles. The number of nitrogens with zero attached hydrogens (tertiary/aromatic N) is 2. The van der Waals surface area contributed by atoms with Crippen LogP contribution in [0.15, 0.2) is 28.7 Å². The first-order valence-electron chi connectivity index (χ1n) is 6.60. The highest BCUT2D eigenvalue weighted by Gasteiger charge is 2.29. The van der Waals surface area contributed by atoms with Crippen molar-refractivity contribution >= 4 is 0 Å². The fraction of sp³-hybridized carbons (Fsp3) is 0.400. The molecule has 0 bridgehead atoms. The van der Waals surface area contributed by atoms with Crippen LogP contribution in [-0.2, 0) is 13.1 Å². The van der Waals surface area contributed by atoms with Gasteiger partial charge >= 0.3 is 0 Å². The molecule has 0 radical (unpaired) electrons. The molecule has 1 N–H and O–H groups in total. The number of hydrogen-bond donors (Lipinski definition) is 1. The Labute approximate surface area is 116 Å². The molecule has 1 aliphatic rings. The molecular weight excluding hydrogens is 259 g/mol. The number of aromatic nitrogens is 1. The normalized spacial score (nSPS) is 15.6. The summed E-state index contributed by atoms with van der Waals surface area (Å²) >= 11 is 0. The fourth-order valence-corrected chi connectivity index (χ4v) is 2.48. The summed E-state index contributed by atoms with van der Waals surface area (Å²) in [5, 5.41) is 9.82. The van der Waals surface area contributed by atoms with E-state index in [9.17, 15) is 9.50 Å². The van der Waals surface area contributed by atoms with E-state index in [1.54, 1.807) is 26.0 Å². The first-order valence-corrected chi connectivity index (χ1v) is 6.60. The molecule has 3 rings (SSSR count). The molecule has 1 aromatic carbocycles. The zero-order valence-electron chi connectivity index (χ0n) is 11.6. The lowest BCUT2D eigenvalue weighted by atomic mass is 10.1. The maximum atomic E-state index is 12.9. The van der Waals surface area contributed by atoms with Crippen LogP contribution >= 0.6 is 0 Å². The summed E-state index contributed by atoms with van der Waals surface area (Å²) in [7, 11) is 0. The minimum atomic E-state index is -0.733. The molecule has 0 saturated heterocycles. The van der Waals surface area contributed by atoms with Gasteiger partial charge in [-0.15, -0.1) is 0 Å². The van der Waals surface area contributed by atoms with Gasteiger partial charge in [-0.1, -0.05) is 0 Å². The summed E-state index contributed by atoms with van der Waals surface area (Å²) in [6, 6.07) is 6.10. The standard InChI is InChI=1S/C15H17FN2O2/c1-15(2,19)9-18-7-12-13(8-18)20-14(17-12)10-3-5-11(16)6-4-10/h3-6,19H,7-9H2,1-2H3. The second kappa shape index (κ2) is 4.68. The van der Waals surface area contributed by atoms with Crippen molar-refractivity contribution in [2.75, 3.05) is 6.54 Å². The van der Waals surface area contributed by atoms with Crippen LogP contribution in [0.3, 0.4) is 0 Å². The molecule has 0 unspecified atom stereocenters. The van der Waals surface area contributed by atoms with E-state index in [1.807, 2.05) is 0 Å². The van der Waals surface area contributed by atoms with Gasteiger partial charge < -0.3 is 9.52 Å². The van der Waals surface area contributed by atoms with Crippen LogP contribution in [0.1, 0.15) is 25.3 Å².